The molecule has 0 aromatic heterocycles. The van der Waals surface area contributed by atoms with Crippen LogP contribution in [0.4, 0.5) is 4.39 Å². The first-order chi connectivity index (χ1) is 9.76. The van der Waals surface area contributed by atoms with E-state index in [0.29, 0.717) is 11.8 Å². The second-order valence-electron chi connectivity index (χ2n) is 6.14. The third-order valence-electron chi connectivity index (χ3n) is 5.11. The molecule has 20 heavy (non-hydrogen) atoms. The Bertz CT molecular complexity index is 466. The molecule has 0 aliphatic heterocycles. The maximum absolute atomic E-state index is 14.3. The Labute approximate surface area is 120 Å². The quantitative estimate of drug-likeness (QED) is 0.860. The SMILES string of the molecule is CCNC(Cc1cccc(OC)c1F)C1C2CCCC21. The highest BCUT2D eigenvalue weighted by molar-refractivity contribution is 5.32. The predicted molar refractivity (Wildman–Crippen MR) is 78.4 cm³/mol. The lowest BCUT2D eigenvalue weighted by molar-refractivity contribution is 0.376. The van der Waals surface area contributed by atoms with E-state index in [-0.39, 0.29) is 5.82 Å². The smallest absolute Gasteiger partial charge is 0.168 e. The molecule has 0 amide bonds. The van der Waals surface area contributed by atoms with Gasteiger partial charge in [0.25, 0.3) is 0 Å². The van der Waals surface area contributed by atoms with Crippen molar-refractivity contribution in [3.63, 3.8) is 0 Å². The summed E-state index contributed by atoms with van der Waals surface area (Å²) >= 11 is 0. The first kappa shape index (κ1) is 13.9. The molecule has 2 nitrogen and oxygen atoms in total. The highest BCUT2D eigenvalue weighted by Crippen LogP contribution is 2.59. The normalized spacial score (nSPS) is 29.1. The molecule has 3 unspecified atom stereocenters. The lowest BCUT2D eigenvalue weighted by Gasteiger charge is -2.20. The summed E-state index contributed by atoms with van der Waals surface area (Å²) in [4.78, 5) is 0. The van der Waals surface area contributed by atoms with E-state index in [0.717, 1.165) is 36.3 Å². The van der Waals surface area contributed by atoms with Gasteiger partial charge in [-0.05, 0) is 55.2 Å². The van der Waals surface area contributed by atoms with Crippen molar-refractivity contribution >= 4 is 0 Å². The van der Waals surface area contributed by atoms with Gasteiger partial charge in [0.2, 0.25) is 0 Å². The maximum atomic E-state index is 14.3. The van der Waals surface area contributed by atoms with Crippen LogP contribution in [-0.4, -0.2) is 19.7 Å². The average molecular weight is 277 g/mol. The van der Waals surface area contributed by atoms with Crippen molar-refractivity contribution < 1.29 is 9.13 Å². The fraction of sp³-hybridized carbons (Fsp3) is 0.647. The Balaban J connectivity index is 1.73. The number of hydrogen-bond acceptors (Lipinski definition) is 2. The topological polar surface area (TPSA) is 21.3 Å². The summed E-state index contributed by atoms with van der Waals surface area (Å²) in [6.45, 7) is 3.08. The zero-order valence-corrected chi connectivity index (χ0v) is 12.4. The van der Waals surface area contributed by atoms with Crippen LogP contribution in [0.1, 0.15) is 31.7 Å². The van der Waals surface area contributed by atoms with Gasteiger partial charge in [0.1, 0.15) is 0 Å². The molecule has 2 saturated carbocycles. The van der Waals surface area contributed by atoms with E-state index in [1.165, 1.54) is 26.4 Å². The van der Waals surface area contributed by atoms with Crippen molar-refractivity contribution in [2.45, 2.75) is 38.6 Å². The van der Waals surface area contributed by atoms with Crippen LogP contribution in [-0.2, 0) is 6.42 Å². The van der Waals surface area contributed by atoms with Crippen molar-refractivity contribution in [1.29, 1.82) is 0 Å². The van der Waals surface area contributed by atoms with Gasteiger partial charge in [-0.15, -0.1) is 0 Å². The molecule has 3 atom stereocenters. The number of likely N-dealkylation sites (N-methyl/N-ethyl adjacent to an activating group) is 1. The molecule has 0 spiro atoms. The molecular weight excluding hydrogens is 253 g/mol. The van der Waals surface area contributed by atoms with Crippen molar-refractivity contribution in [3.8, 4) is 5.75 Å². The zero-order valence-electron chi connectivity index (χ0n) is 12.4. The molecule has 2 aliphatic rings. The van der Waals surface area contributed by atoms with E-state index in [4.69, 9.17) is 4.74 Å². The standard InChI is InChI=1S/C17H24FNO/c1-3-19-14(16-12-7-5-8-13(12)16)10-11-6-4-9-15(20-2)17(11)18/h4,6,9,12-14,16,19H,3,5,7-8,10H2,1-2H3. The van der Waals surface area contributed by atoms with Gasteiger partial charge in [-0.3, -0.25) is 0 Å². The summed E-state index contributed by atoms with van der Waals surface area (Å²) < 4.78 is 19.4. The number of fused-ring (bicyclic) bond motifs is 1. The molecule has 0 radical (unpaired) electrons. The van der Waals surface area contributed by atoms with Gasteiger partial charge in [0.05, 0.1) is 7.11 Å². The van der Waals surface area contributed by atoms with Crippen LogP contribution >= 0.6 is 0 Å². The van der Waals surface area contributed by atoms with E-state index < -0.39 is 0 Å². The second kappa shape index (κ2) is 5.72. The fourth-order valence-corrected chi connectivity index (χ4v) is 4.19. The Morgan fingerprint density at radius 1 is 1.35 bits per heavy atom. The van der Waals surface area contributed by atoms with Crippen LogP contribution in [0.2, 0.25) is 0 Å². The zero-order chi connectivity index (χ0) is 14.1. The Hall–Kier alpha value is -1.09. The summed E-state index contributed by atoms with van der Waals surface area (Å²) in [6, 6.07) is 5.87. The Kier molecular flexibility index (Phi) is 3.97. The number of ether oxygens (including phenoxy) is 1. The monoisotopic (exact) mass is 277 g/mol. The summed E-state index contributed by atoms with van der Waals surface area (Å²) in [5.74, 6) is 2.71. The van der Waals surface area contributed by atoms with Gasteiger partial charge in [-0.25, -0.2) is 4.39 Å². The van der Waals surface area contributed by atoms with Crippen molar-refractivity contribution in [1.82, 2.24) is 5.32 Å². The molecule has 0 bridgehead atoms. The summed E-state index contributed by atoms with van der Waals surface area (Å²) in [5.41, 5.74) is 0.778. The molecule has 3 heteroatoms. The number of rotatable bonds is 6. The van der Waals surface area contributed by atoms with Crippen LogP contribution in [0.25, 0.3) is 0 Å². The van der Waals surface area contributed by atoms with Crippen molar-refractivity contribution in [3.05, 3.63) is 29.6 Å². The first-order valence-corrected chi connectivity index (χ1v) is 7.81. The molecule has 110 valence electrons. The third kappa shape index (κ3) is 2.44. The van der Waals surface area contributed by atoms with Crippen LogP contribution in [0.5, 0.6) is 5.75 Å². The molecule has 1 aromatic rings. The second-order valence-corrected chi connectivity index (χ2v) is 6.14. The number of halogens is 1. The van der Waals surface area contributed by atoms with Crippen molar-refractivity contribution in [2.75, 3.05) is 13.7 Å². The van der Waals surface area contributed by atoms with Crippen molar-refractivity contribution in [2.24, 2.45) is 17.8 Å². The van der Waals surface area contributed by atoms with Gasteiger partial charge < -0.3 is 10.1 Å². The highest BCUT2D eigenvalue weighted by Gasteiger charge is 2.55. The highest BCUT2D eigenvalue weighted by atomic mass is 19.1. The first-order valence-electron chi connectivity index (χ1n) is 7.81. The average Bonchev–Trinajstić information content (AvgIpc) is 2.92. The lowest BCUT2D eigenvalue weighted by atomic mass is 9.96. The van der Waals surface area contributed by atoms with Gasteiger partial charge in [-0.1, -0.05) is 25.5 Å². The summed E-state index contributed by atoms with van der Waals surface area (Å²) in [7, 11) is 1.52. The van der Waals surface area contributed by atoms with E-state index in [1.54, 1.807) is 6.07 Å². The molecule has 2 aliphatic carbocycles. The maximum Gasteiger partial charge on any atom is 0.168 e. The number of methoxy groups -OCH3 is 1. The van der Waals surface area contributed by atoms with E-state index in [1.807, 2.05) is 12.1 Å². The molecule has 0 saturated heterocycles. The van der Waals surface area contributed by atoms with E-state index in [2.05, 4.69) is 12.2 Å². The minimum absolute atomic E-state index is 0.191. The minimum Gasteiger partial charge on any atom is -0.494 e. The largest absolute Gasteiger partial charge is 0.494 e. The molecule has 1 aromatic carbocycles. The fourth-order valence-electron chi connectivity index (χ4n) is 4.19. The number of nitrogens with one attached hydrogen (secondary N) is 1. The lowest BCUT2D eigenvalue weighted by Crippen LogP contribution is -2.34. The van der Waals surface area contributed by atoms with Crippen LogP contribution in [0, 0.1) is 23.6 Å². The van der Waals surface area contributed by atoms with Gasteiger partial charge in [0, 0.05) is 6.04 Å². The summed E-state index contributed by atoms with van der Waals surface area (Å²) in [6.07, 6.45) is 4.91. The van der Waals surface area contributed by atoms with Crippen LogP contribution in [0.3, 0.4) is 0 Å². The number of hydrogen-bond donors (Lipinski definition) is 1. The Morgan fingerprint density at radius 3 is 2.75 bits per heavy atom. The number of benzene rings is 1. The third-order valence-corrected chi connectivity index (χ3v) is 5.11. The molecular formula is C17H24FNO. The van der Waals surface area contributed by atoms with Crippen LogP contribution in [0.15, 0.2) is 18.2 Å². The van der Waals surface area contributed by atoms with Gasteiger partial charge in [-0.2, -0.15) is 0 Å². The predicted octanol–water partition coefficient (Wildman–Crippen LogP) is 3.40. The van der Waals surface area contributed by atoms with Gasteiger partial charge in [0.15, 0.2) is 11.6 Å². The molecule has 3 rings (SSSR count). The summed E-state index contributed by atoms with van der Waals surface area (Å²) in [5, 5.41) is 3.58. The molecule has 1 N–H and O–H groups in total. The Morgan fingerprint density at radius 2 is 2.10 bits per heavy atom. The minimum atomic E-state index is -0.191. The van der Waals surface area contributed by atoms with Crippen LogP contribution < -0.4 is 10.1 Å². The molecule has 0 heterocycles. The van der Waals surface area contributed by atoms with E-state index in [9.17, 15) is 4.39 Å². The van der Waals surface area contributed by atoms with Gasteiger partial charge >= 0.3 is 0 Å². The molecule has 2 fully saturated rings. The van der Waals surface area contributed by atoms with E-state index >= 15 is 0 Å².